The van der Waals surface area contributed by atoms with Crippen molar-refractivity contribution in [3.8, 4) is 0 Å². The minimum atomic E-state index is 0.379. The van der Waals surface area contributed by atoms with Gasteiger partial charge in [0.25, 0.3) is 0 Å². The van der Waals surface area contributed by atoms with E-state index < -0.39 is 0 Å². The Morgan fingerprint density at radius 3 is 2.20 bits per heavy atom. The van der Waals surface area contributed by atoms with Gasteiger partial charge in [-0.25, -0.2) is 0 Å². The van der Waals surface area contributed by atoms with Gasteiger partial charge in [-0.15, -0.1) is 0 Å². The fourth-order valence-electron chi connectivity index (χ4n) is 3.26. The Balaban J connectivity index is 1.69. The third-order valence-corrected chi connectivity index (χ3v) is 4.32. The van der Waals surface area contributed by atoms with Gasteiger partial charge in [0.1, 0.15) is 0 Å². The summed E-state index contributed by atoms with van der Waals surface area (Å²) in [4.78, 5) is 0. The lowest BCUT2D eigenvalue weighted by molar-refractivity contribution is 0.169. The van der Waals surface area contributed by atoms with Crippen LogP contribution in [0.4, 0.5) is 0 Å². The van der Waals surface area contributed by atoms with Crippen LogP contribution in [0.3, 0.4) is 0 Å². The second-order valence-electron chi connectivity index (χ2n) is 5.38. The van der Waals surface area contributed by atoms with Crippen LogP contribution in [0.5, 0.6) is 0 Å². The van der Waals surface area contributed by atoms with Crippen LogP contribution in [-0.4, -0.2) is 24.3 Å². The van der Waals surface area contributed by atoms with Crippen molar-refractivity contribution in [1.82, 2.24) is 5.32 Å². The Morgan fingerprint density at radius 2 is 1.60 bits per heavy atom. The maximum atomic E-state index is 9.42. The highest BCUT2D eigenvalue weighted by atomic mass is 16.3. The molecule has 0 aromatic carbocycles. The molecule has 2 saturated carbocycles. The summed E-state index contributed by atoms with van der Waals surface area (Å²) in [7, 11) is 0. The Labute approximate surface area is 93.5 Å². The Morgan fingerprint density at radius 1 is 1.00 bits per heavy atom. The lowest BCUT2D eigenvalue weighted by Crippen LogP contribution is -2.35. The lowest BCUT2D eigenvalue weighted by atomic mass is 9.91. The van der Waals surface area contributed by atoms with E-state index in [1.165, 1.54) is 51.4 Å². The van der Waals surface area contributed by atoms with Gasteiger partial charge in [0.05, 0.1) is 0 Å². The van der Waals surface area contributed by atoms with Gasteiger partial charge >= 0.3 is 0 Å². The maximum absolute atomic E-state index is 9.42. The van der Waals surface area contributed by atoms with Gasteiger partial charge in [0.2, 0.25) is 0 Å². The fraction of sp³-hybridized carbons (Fsp3) is 1.00. The third-order valence-electron chi connectivity index (χ3n) is 4.32. The van der Waals surface area contributed by atoms with E-state index in [0.717, 1.165) is 18.5 Å². The number of hydrogen-bond acceptors (Lipinski definition) is 2. The standard InChI is InChI=1S/C13H25NO/c15-10-12(11-5-1-2-6-11)9-14-13-7-3-4-8-13/h11-15H,1-10H2. The minimum absolute atomic E-state index is 0.379. The van der Waals surface area contributed by atoms with Crippen molar-refractivity contribution in [2.45, 2.75) is 57.4 Å². The first-order valence-corrected chi connectivity index (χ1v) is 6.74. The predicted octanol–water partition coefficient (Wildman–Crippen LogP) is 2.32. The maximum Gasteiger partial charge on any atom is 0.0474 e. The molecule has 0 heterocycles. The third kappa shape index (κ3) is 3.18. The molecule has 0 aliphatic heterocycles. The summed E-state index contributed by atoms with van der Waals surface area (Å²) in [5, 5.41) is 13.1. The van der Waals surface area contributed by atoms with Gasteiger partial charge in [-0.05, 0) is 24.7 Å². The molecule has 2 aliphatic carbocycles. The van der Waals surface area contributed by atoms with E-state index in [9.17, 15) is 5.11 Å². The molecule has 2 rings (SSSR count). The van der Waals surface area contributed by atoms with Gasteiger partial charge in [-0.3, -0.25) is 0 Å². The second-order valence-corrected chi connectivity index (χ2v) is 5.38. The Hall–Kier alpha value is -0.0800. The van der Waals surface area contributed by atoms with Crippen molar-refractivity contribution in [2.75, 3.05) is 13.2 Å². The van der Waals surface area contributed by atoms with E-state index in [0.29, 0.717) is 12.5 Å². The van der Waals surface area contributed by atoms with Gasteiger partial charge in [-0.1, -0.05) is 38.5 Å². The monoisotopic (exact) mass is 211 g/mol. The summed E-state index contributed by atoms with van der Waals surface area (Å²) in [6.45, 7) is 1.43. The van der Waals surface area contributed by atoms with Crippen LogP contribution in [0.25, 0.3) is 0 Å². The van der Waals surface area contributed by atoms with Crippen LogP contribution in [0.15, 0.2) is 0 Å². The van der Waals surface area contributed by atoms with Crippen LogP contribution < -0.4 is 5.32 Å². The van der Waals surface area contributed by atoms with Gasteiger partial charge < -0.3 is 10.4 Å². The molecule has 88 valence electrons. The molecular formula is C13H25NO. The molecule has 2 heteroatoms. The SMILES string of the molecule is OCC(CNC1CCCC1)C1CCCC1. The van der Waals surface area contributed by atoms with E-state index >= 15 is 0 Å². The van der Waals surface area contributed by atoms with Crippen molar-refractivity contribution < 1.29 is 5.11 Å². The quantitative estimate of drug-likeness (QED) is 0.731. The zero-order valence-electron chi connectivity index (χ0n) is 9.75. The molecule has 0 amide bonds. The summed E-state index contributed by atoms with van der Waals surface area (Å²) in [6.07, 6.45) is 10.9. The van der Waals surface area contributed by atoms with Crippen LogP contribution in [0.2, 0.25) is 0 Å². The zero-order chi connectivity index (χ0) is 10.5. The van der Waals surface area contributed by atoms with E-state index in [-0.39, 0.29) is 0 Å². The molecule has 2 nitrogen and oxygen atoms in total. The normalized spacial score (nSPS) is 26.2. The number of rotatable bonds is 5. The summed E-state index contributed by atoms with van der Waals surface area (Å²) >= 11 is 0. The second kappa shape index (κ2) is 5.86. The molecule has 15 heavy (non-hydrogen) atoms. The summed E-state index contributed by atoms with van der Waals surface area (Å²) in [6, 6.07) is 0.750. The van der Waals surface area contributed by atoms with Crippen LogP contribution in [0, 0.1) is 11.8 Å². The minimum Gasteiger partial charge on any atom is -0.396 e. The number of aliphatic hydroxyl groups is 1. The molecule has 0 aromatic rings. The number of hydrogen-bond donors (Lipinski definition) is 2. The predicted molar refractivity (Wildman–Crippen MR) is 62.8 cm³/mol. The Kier molecular flexibility index (Phi) is 4.45. The van der Waals surface area contributed by atoms with Crippen LogP contribution in [-0.2, 0) is 0 Å². The van der Waals surface area contributed by atoms with Crippen molar-refractivity contribution in [3.05, 3.63) is 0 Å². The molecular weight excluding hydrogens is 186 g/mol. The molecule has 1 atom stereocenters. The first kappa shape index (κ1) is 11.4. The van der Waals surface area contributed by atoms with Crippen molar-refractivity contribution >= 4 is 0 Å². The summed E-state index contributed by atoms with van der Waals surface area (Å²) in [5.41, 5.74) is 0. The Bertz CT molecular complexity index is 171. The van der Waals surface area contributed by atoms with E-state index in [4.69, 9.17) is 0 Å². The smallest absolute Gasteiger partial charge is 0.0474 e. The lowest BCUT2D eigenvalue weighted by Gasteiger charge is -2.23. The molecule has 2 N–H and O–H groups in total. The van der Waals surface area contributed by atoms with Crippen LogP contribution in [0.1, 0.15) is 51.4 Å². The average molecular weight is 211 g/mol. The van der Waals surface area contributed by atoms with Crippen molar-refractivity contribution in [2.24, 2.45) is 11.8 Å². The van der Waals surface area contributed by atoms with Gasteiger partial charge in [-0.2, -0.15) is 0 Å². The highest BCUT2D eigenvalue weighted by molar-refractivity contribution is 4.80. The highest BCUT2D eigenvalue weighted by Gasteiger charge is 2.25. The largest absolute Gasteiger partial charge is 0.396 e. The topological polar surface area (TPSA) is 32.3 Å². The molecule has 0 radical (unpaired) electrons. The molecule has 2 fully saturated rings. The highest BCUT2D eigenvalue weighted by Crippen LogP contribution is 2.31. The molecule has 0 spiro atoms. The van der Waals surface area contributed by atoms with Crippen molar-refractivity contribution in [3.63, 3.8) is 0 Å². The molecule has 1 unspecified atom stereocenters. The molecule has 0 bridgehead atoms. The van der Waals surface area contributed by atoms with E-state index in [1.807, 2.05) is 0 Å². The van der Waals surface area contributed by atoms with Crippen LogP contribution >= 0.6 is 0 Å². The number of aliphatic hydroxyl groups excluding tert-OH is 1. The van der Waals surface area contributed by atoms with Crippen molar-refractivity contribution in [1.29, 1.82) is 0 Å². The number of nitrogens with one attached hydrogen (secondary N) is 1. The summed E-state index contributed by atoms with van der Waals surface area (Å²) in [5.74, 6) is 1.32. The summed E-state index contributed by atoms with van der Waals surface area (Å²) < 4.78 is 0. The fourth-order valence-corrected chi connectivity index (χ4v) is 3.26. The van der Waals surface area contributed by atoms with E-state index in [1.54, 1.807) is 0 Å². The first-order valence-electron chi connectivity index (χ1n) is 6.74. The zero-order valence-corrected chi connectivity index (χ0v) is 9.75. The van der Waals surface area contributed by atoms with Gasteiger partial charge in [0.15, 0.2) is 0 Å². The average Bonchev–Trinajstić information content (AvgIpc) is 2.90. The van der Waals surface area contributed by atoms with E-state index in [2.05, 4.69) is 5.32 Å². The van der Waals surface area contributed by atoms with Gasteiger partial charge in [0, 0.05) is 19.2 Å². The first-order chi connectivity index (χ1) is 7.40. The molecule has 0 saturated heterocycles. The molecule has 0 aromatic heterocycles. The molecule has 2 aliphatic rings.